The Kier molecular flexibility index (Phi) is 8.84. The molecule has 1 aromatic heterocycles. The highest BCUT2D eigenvalue weighted by Crippen LogP contribution is 2.29. The lowest BCUT2D eigenvalue weighted by Gasteiger charge is -2.27. The van der Waals surface area contributed by atoms with Gasteiger partial charge >= 0.3 is 0 Å². The summed E-state index contributed by atoms with van der Waals surface area (Å²) in [6.07, 6.45) is 1.09. The number of hydrogen-bond donors (Lipinski definition) is 1. The Balaban J connectivity index is 2.95. The molecular weight excluding hydrogens is 286 g/mol. The van der Waals surface area contributed by atoms with E-state index in [2.05, 4.69) is 31.0 Å². The Bertz CT molecular complexity index is 398. The summed E-state index contributed by atoms with van der Waals surface area (Å²) < 4.78 is 10.5. The molecule has 0 bridgehead atoms. The van der Waals surface area contributed by atoms with Gasteiger partial charge in [-0.15, -0.1) is 11.3 Å². The Hall–Kier alpha value is -0.690. The summed E-state index contributed by atoms with van der Waals surface area (Å²) in [6, 6.07) is 0.452. The maximum atomic E-state index is 5.28. The normalized spacial score (nSPS) is 12.6. The van der Waals surface area contributed by atoms with Crippen molar-refractivity contribution in [1.29, 1.82) is 0 Å². The largest absolute Gasteiger partial charge is 0.383 e. The molecule has 0 radical (unpaired) electrons. The van der Waals surface area contributed by atoms with Crippen LogP contribution in [0.15, 0.2) is 0 Å². The number of hydrogen-bond acceptors (Lipinski definition) is 6. The van der Waals surface area contributed by atoms with Crippen LogP contribution in [0.25, 0.3) is 0 Å². The zero-order valence-corrected chi connectivity index (χ0v) is 14.8. The fourth-order valence-electron chi connectivity index (χ4n) is 2.03. The van der Waals surface area contributed by atoms with Gasteiger partial charge in [0.1, 0.15) is 0 Å². The van der Waals surface area contributed by atoms with E-state index in [0.29, 0.717) is 19.3 Å². The molecule has 0 spiro atoms. The topological polar surface area (TPSA) is 46.6 Å². The molecule has 1 rings (SSSR count). The molecule has 1 unspecified atom stereocenters. The van der Waals surface area contributed by atoms with Crippen LogP contribution in [-0.2, 0) is 22.6 Å². The van der Waals surface area contributed by atoms with Gasteiger partial charge in [0.05, 0.1) is 18.9 Å². The molecule has 21 heavy (non-hydrogen) atoms. The molecule has 0 amide bonds. The first-order chi connectivity index (χ1) is 10.2. The molecule has 0 aliphatic rings. The molecule has 0 aromatic carbocycles. The average molecular weight is 315 g/mol. The van der Waals surface area contributed by atoms with Crippen molar-refractivity contribution in [3.8, 4) is 0 Å². The highest BCUT2D eigenvalue weighted by atomic mass is 32.1. The van der Waals surface area contributed by atoms with Crippen molar-refractivity contribution in [2.75, 3.05) is 38.8 Å². The number of ether oxygens (including phenoxy) is 2. The highest BCUT2D eigenvalue weighted by molar-refractivity contribution is 7.15. The van der Waals surface area contributed by atoms with Gasteiger partial charge in [0, 0.05) is 38.2 Å². The fraction of sp³-hybridized carbons (Fsp3) is 0.800. The van der Waals surface area contributed by atoms with Crippen molar-refractivity contribution in [1.82, 2.24) is 10.3 Å². The van der Waals surface area contributed by atoms with Crippen LogP contribution in [0.2, 0.25) is 0 Å². The van der Waals surface area contributed by atoms with Gasteiger partial charge in [-0.3, -0.25) is 0 Å². The van der Waals surface area contributed by atoms with Crippen LogP contribution < -0.4 is 10.2 Å². The van der Waals surface area contributed by atoms with E-state index in [-0.39, 0.29) is 0 Å². The molecule has 0 aliphatic carbocycles. The van der Waals surface area contributed by atoms with E-state index < -0.39 is 0 Å². The summed E-state index contributed by atoms with van der Waals surface area (Å²) in [5, 5.41) is 4.44. The van der Waals surface area contributed by atoms with Crippen molar-refractivity contribution in [2.45, 2.75) is 46.4 Å². The van der Waals surface area contributed by atoms with Crippen LogP contribution in [0.5, 0.6) is 0 Å². The van der Waals surface area contributed by atoms with Gasteiger partial charge in [0.15, 0.2) is 5.13 Å². The number of nitrogens with one attached hydrogen (secondary N) is 1. The smallest absolute Gasteiger partial charge is 0.186 e. The van der Waals surface area contributed by atoms with Crippen molar-refractivity contribution in [3.63, 3.8) is 0 Å². The van der Waals surface area contributed by atoms with Crippen LogP contribution in [0.1, 0.15) is 37.8 Å². The molecule has 0 saturated carbocycles. The van der Waals surface area contributed by atoms with Crippen LogP contribution in [0.3, 0.4) is 0 Å². The summed E-state index contributed by atoms with van der Waals surface area (Å²) in [7, 11) is 3.46. The molecular formula is C15H29N3O2S. The van der Waals surface area contributed by atoms with Crippen LogP contribution in [-0.4, -0.2) is 44.9 Å². The third kappa shape index (κ3) is 5.54. The molecule has 0 aliphatic heterocycles. The fourth-order valence-corrected chi connectivity index (χ4v) is 3.19. The van der Waals surface area contributed by atoms with Gasteiger partial charge in [0.25, 0.3) is 0 Å². The van der Waals surface area contributed by atoms with Gasteiger partial charge < -0.3 is 19.7 Å². The Morgan fingerprint density at radius 2 is 2.05 bits per heavy atom. The van der Waals surface area contributed by atoms with E-state index in [1.165, 1.54) is 4.88 Å². The highest BCUT2D eigenvalue weighted by Gasteiger charge is 2.19. The summed E-state index contributed by atoms with van der Waals surface area (Å²) in [5.74, 6) is 0. The molecule has 1 N–H and O–H groups in total. The molecule has 1 atom stereocenters. The first-order valence-electron chi connectivity index (χ1n) is 7.61. The third-order valence-electron chi connectivity index (χ3n) is 3.49. The predicted molar refractivity (Wildman–Crippen MR) is 89.2 cm³/mol. The molecule has 1 heterocycles. The third-order valence-corrected chi connectivity index (χ3v) is 4.62. The number of nitrogens with zero attached hydrogens (tertiary/aromatic N) is 2. The zero-order chi connectivity index (χ0) is 15.7. The molecule has 1 aromatic rings. The summed E-state index contributed by atoms with van der Waals surface area (Å²) in [4.78, 5) is 8.40. The maximum absolute atomic E-state index is 5.28. The van der Waals surface area contributed by atoms with Gasteiger partial charge in [-0.05, 0) is 19.9 Å². The quantitative estimate of drug-likeness (QED) is 0.680. The van der Waals surface area contributed by atoms with E-state index in [1.807, 2.05) is 0 Å². The van der Waals surface area contributed by atoms with Gasteiger partial charge in [0.2, 0.25) is 0 Å². The zero-order valence-electron chi connectivity index (χ0n) is 13.9. The van der Waals surface area contributed by atoms with E-state index in [4.69, 9.17) is 14.5 Å². The predicted octanol–water partition coefficient (Wildman–Crippen LogP) is 2.65. The second kappa shape index (κ2) is 10.1. The lowest BCUT2D eigenvalue weighted by atomic mass is 10.2. The minimum Gasteiger partial charge on any atom is -0.383 e. The number of thiazole rings is 1. The maximum Gasteiger partial charge on any atom is 0.186 e. The first-order valence-corrected chi connectivity index (χ1v) is 8.43. The molecule has 122 valence electrons. The monoisotopic (exact) mass is 315 g/mol. The van der Waals surface area contributed by atoms with E-state index in [1.54, 1.807) is 25.6 Å². The standard InChI is InChI=1S/C15H29N3O2S/c1-6-12(3)18(8-9-19-4)15-17-13(11-20-5)14(21-15)10-16-7-2/h12,16H,6-11H2,1-5H3. The number of aromatic nitrogens is 1. The Labute approximate surface area is 132 Å². The van der Waals surface area contributed by atoms with Crippen LogP contribution in [0, 0.1) is 0 Å². The summed E-state index contributed by atoms with van der Waals surface area (Å²) in [5.41, 5.74) is 1.05. The van der Waals surface area contributed by atoms with Crippen LogP contribution >= 0.6 is 11.3 Å². The average Bonchev–Trinajstić information content (AvgIpc) is 2.88. The van der Waals surface area contributed by atoms with Crippen LogP contribution in [0.4, 0.5) is 5.13 Å². The lowest BCUT2D eigenvalue weighted by Crippen LogP contribution is -2.35. The second-order valence-electron chi connectivity index (χ2n) is 5.02. The molecule has 5 nitrogen and oxygen atoms in total. The van der Waals surface area contributed by atoms with Crippen molar-refractivity contribution in [3.05, 3.63) is 10.6 Å². The first kappa shape index (κ1) is 18.4. The molecule has 0 fully saturated rings. The number of anilines is 1. The minimum absolute atomic E-state index is 0.452. The van der Waals surface area contributed by atoms with Gasteiger partial charge in [-0.1, -0.05) is 13.8 Å². The summed E-state index contributed by atoms with van der Waals surface area (Å²) in [6.45, 7) is 10.5. The van der Waals surface area contributed by atoms with Gasteiger partial charge in [-0.25, -0.2) is 4.98 Å². The Morgan fingerprint density at radius 1 is 1.29 bits per heavy atom. The van der Waals surface area contributed by atoms with Crippen molar-refractivity contribution >= 4 is 16.5 Å². The molecule has 0 saturated heterocycles. The molecule has 6 heteroatoms. The SMILES string of the molecule is CCNCc1sc(N(CCOC)C(C)CC)nc1COC. The second-order valence-corrected chi connectivity index (χ2v) is 6.09. The minimum atomic E-state index is 0.452. The van der Waals surface area contributed by atoms with Gasteiger partial charge in [-0.2, -0.15) is 0 Å². The van der Waals surface area contributed by atoms with E-state index in [9.17, 15) is 0 Å². The van der Waals surface area contributed by atoms with E-state index in [0.717, 1.165) is 36.9 Å². The lowest BCUT2D eigenvalue weighted by molar-refractivity contribution is 0.181. The van der Waals surface area contributed by atoms with Crippen molar-refractivity contribution in [2.24, 2.45) is 0 Å². The van der Waals surface area contributed by atoms with Crippen molar-refractivity contribution < 1.29 is 9.47 Å². The van der Waals surface area contributed by atoms with E-state index >= 15 is 0 Å². The number of methoxy groups -OCH3 is 2. The summed E-state index contributed by atoms with van der Waals surface area (Å²) >= 11 is 1.76. The Morgan fingerprint density at radius 3 is 2.62 bits per heavy atom. The number of rotatable bonds is 11.